The van der Waals surface area contributed by atoms with Crippen molar-refractivity contribution in [3.63, 3.8) is 0 Å². The average molecular weight is 658 g/mol. The summed E-state index contributed by atoms with van der Waals surface area (Å²) in [5, 5.41) is 28.1. The normalized spacial score (nSPS) is 12.7. The van der Waals surface area contributed by atoms with Crippen LogP contribution >= 0.6 is 0 Å². The van der Waals surface area contributed by atoms with Crippen molar-refractivity contribution in [2.75, 3.05) is 44.4 Å². The van der Waals surface area contributed by atoms with E-state index in [0.29, 0.717) is 25.3 Å². The minimum absolute atomic E-state index is 0.0637. The molecular weight excluding hydrogens is 619 g/mol. The number of ether oxygens (including phenoxy) is 3. The SMILES string of the molecule is C[C@H](Cc1cc(C#N)c2c(c1)CCN2CCCOCc1ccccc1)NCCOc1ccccc1OCC(F)(F)F.O=C(O)C(=O)O. The van der Waals surface area contributed by atoms with Crippen LogP contribution in [0, 0.1) is 11.3 Å². The van der Waals surface area contributed by atoms with Gasteiger partial charge in [0.2, 0.25) is 0 Å². The van der Waals surface area contributed by atoms with Crippen molar-refractivity contribution in [3.8, 4) is 17.6 Å². The first-order valence-corrected chi connectivity index (χ1v) is 15.0. The Balaban J connectivity index is 0.000000913. The molecule has 0 saturated carbocycles. The third kappa shape index (κ3) is 12.8. The van der Waals surface area contributed by atoms with Crippen LogP contribution in [0.2, 0.25) is 0 Å². The summed E-state index contributed by atoms with van der Waals surface area (Å²) in [6.45, 7) is 4.48. The third-order valence-corrected chi connectivity index (χ3v) is 6.98. The molecule has 0 saturated heterocycles. The highest BCUT2D eigenvalue weighted by atomic mass is 19.4. The number of carboxylic acids is 2. The molecule has 0 spiro atoms. The molecule has 13 heteroatoms. The monoisotopic (exact) mass is 657 g/mol. The maximum Gasteiger partial charge on any atom is 0.422 e. The number of nitrogens with zero attached hydrogens (tertiary/aromatic N) is 2. The Bertz CT molecular complexity index is 1480. The Morgan fingerprint density at radius 1 is 0.979 bits per heavy atom. The van der Waals surface area contributed by atoms with Crippen LogP contribution in [0.25, 0.3) is 0 Å². The molecule has 3 aromatic carbocycles. The number of hydrogen-bond donors (Lipinski definition) is 3. The molecule has 47 heavy (non-hydrogen) atoms. The van der Waals surface area contributed by atoms with Gasteiger partial charge in [0.25, 0.3) is 0 Å². The van der Waals surface area contributed by atoms with E-state index in [-0.39, 0.29) is 24.1 Å². The van der Waals surface area contributed by atoms with E-state index < -0.39 is 24.7 Å². The summed E-state index contributed by atoms with van der Waals surface area (Å²) in [5.41, 5.74) is 5.20. The van der Waals surface area contributed by atoms with Crippen LogP contribution in [0.1, 0.15) is 35.6 Å². The van der Waals surface area contributed by atoms with Gasteiger partial charge in [-0.25, -0.2) is 9.59 Å². The number of alkyl halides is 3. The Labute approximate surface area is 271 Å². The minimum atomic E-state index is -4.41. The lowest BCUT2D eigenvalue weighted by atomic mass is 9.99. The molecule has 1 aliphatic rings. The van der Waals surface area contributed by atoms with Crippen LogP contribution in [0.5, 0.6) is 11.5 Å². The molecule has 0 amide bonds. The van der Waals surface area contributed by atoms with E-state index in [4.69, 9.17) is 34.0 Å². The molecule has 0 bridgehead atoms. The molecule has 3 aromatic rings. The Kier molecular flexibility index (Phi) is 14.3. The molecule has 0 aliphatic carbocycles. The topological polar surface area (TPSA) is 141 Å². The number of fused-ring (bicyclic) bond motifs is 1. The van der Waals surface area contributed by atoms with Crippen molar-refractivity contribution in [1.82, 2.24) is 5.32 Å². The molecule has 0 radical (unpaired) electrons. The van der Waals surface area contributed by atoms with E-state index in [1.54, 1.807) is 18.2 Å². The lowest BCUT2D eigenvalue weighted by Crippen LogP contribution is -2.32. The largest absolute Gasteiger partial charge is 0.488 e. The van der Waals surface area contributed by atoms with Crippen molar-refractivity contribution < 1.29 is 47.2 Å². The van der Waals surface area contributed by atoms with Gasteiger partial charge in [0.1, 0.15) is 12.7 Å². The molecule has 0 fully saturated rings. The van der Waals surface area contributed by atoms with Crippen molar-refractivity contribution in [3.05, 3.63) is 89.0 Å². The standard InChI is InChI=1S/C32H36F3N3O3.C2H2O4/c1-24(37-13-17-40-29-10-5-6-11-30(29)41-23-32(33,34)35)18-26-19-27-12-15-38(31(27)28(20-26)21-36)14-7-16-39-22-25-8-3-2-4-9-25;3-1(4)2(5)6/h2-6,8-11,19-20,24,37H,7,12-18,22-23H2,1H3;(H,3,4)(H,5,6)/t24-;/m1./s1. The van der Waals surface area contributed by atoms with Crippen molar-refractivity contribution in [2.24, 2.45) is 0 Å². The Morgan fingerprint density at radius 3 is 2.28 bits per heavy atom. The molecule has 10 nitrogen and oxygen atoms in total. The summed E-state index contributed by atoms with van der Waals surface area (Å²) < 4.78 is 53.9. The zero-order valence-corrected chi connectivity index (χ0v) is 26.0. The zero-order chi connectivity index (χ0) is 34.2. The van der Waals surface area contributed by atoms with Crippen molar-refractivity contribution in [2.45, 2.75) is 45.0 Å². The molecule has 1 aliphatic heterocycles. The first-order valence-electron chi connectivity index (χ1n) is 15.0. The number of carboxylic acid groups (broad SMARTS) is 2. The number of halogens is 3. The van der Waals surface area contributed by atoms with Gasteiger partial charge in [0.05, 0.1) is 17.9 Å². The lowest BCUT2D eigenvalue weighted by Gasteiger charge is -2.21. The number of hydrogen-bond acceptors (Lipinski definition) is 8. The molecule has 0 aromatic heterocycles. The number of rotatable bonds is 15. The van der Waals surface area contributed by atoms with E-state index in [0.717, 1.165) is 49.2 Å². The minimum Gasteiger partial charge on any atom is -0.488 e. The summed E-state index contributed by atoms with van der Waals surface area (Å²) in [6, 6.07) is 23.1. The fourth-order valence-electron chi connectivity index (χ4n) is 4.98. The van der Waals surface area contributed by atoms with Gasteiger partial charge in [-0.15, -0.1) is 0 Å². The average Bonchev–Trinajstić information content (AvgIpc) is 3.45. The van der Waals surface area contributed by atoms with Crippen molar-refractivity contribution in [1.29, 1.82) is 5.26 Å². The fourth-order valence-corrected chi connectivity index (χ4v) is 4.98. The Hall–Kier alpha value is -4.80. The number of nitrogens with one attached hydrogen (secondary N) is 1. The first-order chi connectivity index (χ1) is 22.5. The van der Waals surface area contributed by atoms with E-state index >= 15 is 0 Å². The van der Waals surface area contributed by atoms with Crippen LogP contribution in [-0.2, 0) is 33.8 Å². The molecule has 1 heterocycles. The number of benzene rings is 3. The number of aliphatic carboxylic acids is 2. The highest BCUT2D eigenvalue weighted by Crippen LogP contribution is 2.33. The first kappa shape index (κ1) is 36.7. The highest BCUT2D eigenvalue weighted by Gasteiger charge is 2.29. The van der Waals surface area contributed by atoms with Gasteiger partial charge in [0.15, 0.2) is 18.1 Å². The summed E-state index contributed by atoms with van der Waals surface area (Å²) >= 11 is 0. The van der Waals surface area contributed by atoms with Gasteiger partial charge >= 0.3 is 18.1 Å². The fraction of sp³-hybridized carbons (Fsp3) is 0.382. The summed E-state index contributed by atoms with van der Waals surface area (Å²) in [7, 11) is 0. The van der Waals surface area contributed by atoms with Crippen LogP contribution in [0.3, 0.4) is 0 Å². The van der Waals surface area contributed by atoms with Crippen LogP contribution in [0.4, 0.5) is 18.9 Å². The number of para-hydroxylation sites is 2. The van der Waals surface area contributed by atoms with Crippen LogP contribution < -0.4 is 19.7 Å². The molecule has 1 atom stereocenters. The van der Waals surface area contributed by atoms with Crippen LogP contribution in [0.15, 0.2) is 66.7 Å². The van der Waals surface area contributed by atoms with Gasteiger partial charge in [-0.05, 0) is 61.1 Å². The highest BCUT2D eigenvalue weighted by molar-refractivity contribution is 6.27. The van der Waals surface area contributed by atoms with E-state index in [9.17, 15) is 18.4 Å². The second-order valence-electron chi connectivity index (χ2n) is 10.8. The molecule has 0 unspecified atom stereocenters. The van der Waals surface area contributed by atoms with E-state index in [1.165, 1.54) is 11.6 Å². The zero-order valence-electron chi connectivity index (χ0n) is 26.0. The number of nitriles is 1. The second kappa shape index (κ2) is 18.4. The predicted octanol–water partition coefficient (Wildman–Crippen LogP) is 5.22. The van der Waals surface area contributed by atoms with Gasteiger partial charge in [0, 0.05) is 32.3 Å². The van der Waals surface area contributed by atoms with Crippen molar-refractivity contribution >= 4 is 17.6 Å². The van der Waals surface area contributed by atoms with Gasteiger partial charge in [-0.3, -0.25) is 0 Å². The number of anilines is 1. The molecule has 252 valence electrons. The van der Waals surface area contributed by atoms with E-state index in [1.807, 2.05) is 24.3 Å². The molecule has 4 rings (SSSR count). The summed E-state index contributed by atoms with van der Waals surface area (Å²) in [4.78, 5) is 20.5. The third-order valence-electron chi connectivity index (χ3n) is 6.98. The second-order valence-corrected chi connectivity index (χ2v) is 10.8. The molecule has 3 N–H and O–H groups in total. The van der Waals surface area contributed by atoms with Gasteiger partial charge in [-0.2, -0.15) is 18.4 Å². The van der Waals surface area contributed by atoms with E-state index in [2.05, 4.69) is 41.4 Å². The quantitative estimate of drug-likeness (QED) is 0.147. The van der Waals surface area contributed by atoms with Crippen LogP contribution in [-0.4, -0.2) is 73.8 Å². The predicted molar refractivity (Wildman–Crippen MR) is 168 cm³/mol. The van der Waals surface area contributed by atoms with Gasteiger partial charge < -0.3 is 34.6 Å². The maximum absolute atomic E-state index is 12.5. The molecular formula is C34H38F3N3O7. The smallest absolute Gasteiger partial charge is 0.422 e. The van der Waals surface area contributed by atoms with Gasteiger partial charge in [-0.1, -0.05) is 48.5 Å². The number of carbonyl (C=O) groups is 2. The lowest BCUT2D eigenvalue weighted by molar-refractivity contribution is -0.159. The summed E-state index contributed by atoms with van der Waals surface area (Å²) in [5.74, 6) is -3.31. The maximum atomic E-state index is 12.5. The Morgan fingerprint density at radius 2 is 1.64 bits per heavy atom. The summed E-state index contributed by atoms with van der Waals surface area (Å²) in [6.07, 6.45) is -1.88.